The fourth-order valence-corrected chi connectivity index (χ4v) is 3.63. The number of fused-ring (bicyclic) bond motifs is 1. The van der Waals surface area contributed by atoms with E-state index in [9.17, 15) is 9.36 Å². The van der Waals surface area contributed by atoms with Gasteiger partial charge in [-0.3, -0.25) is 14.6 Å². The van der Waals surface area contributed by atoms with E-state index in [4.69, 9.17) is 19.8 Å². The zero-order valence-electron chi connectivity index (χ0n) is 15.7. The Morgan fingerprint density at radius 1 is 1.40 bits per heavy atom. The van der Waals surface area contributed by atoms with Gasteiger partial charge in [-0.15, -0.1) is 0 Å². The first-order valence-electron chi connectivity index (χ1n) is 8.31. The Hall–Kier alpha value is -3.10. The van der Waals surface area contributed by atoms with Crippen LogP contribution in [0, 0.1) is 18.3 Å². The van der Waals surface area contributed by atoms with Crippen molar-refractivity contribution in [2.75, 3.05) is 18.2 Å². The number of benzene rings is 1. The molecule has 156 valence electrons. The van der Waals surface area contributed by atoms with Gasteiger partial charge < -0.3 is 19.6 Å². The summed E-state index contributed by atoms with van der Waals surface area (Å²) in [4.78, 5) is 41.6. The van der Waals surface area contributed by atoms with E-state index in [1.54, 1.807) is 6.92 Å². The first kappa shape index (κ1) is 21.6. The molecule has 0 aliphatic rings. The molecule has 3 aromatic rings. The number of methoxy groups -OCH3 is 1. The number of rotatable bonds is 7. The third kappa shape index (κ3) is 5.08. The molecule has 1 amide bonds. The lowest BCUT2D eigenvalue weighted by molar-refractivity contribution is -0.113. The number of phosphoric ester groups is 1. The molecule has 1 aromatic carbocycles. The molecular formula is C17H16N5O6PS. The summed E-state index contributed by atoms with van der Waals surface area (Å²) >= 11 is 1.17. The van der Waals surface area contributed by atoms with Crippen molar-refractivity contribution in [3.05, 3.63) is 35.7 Å². The van der Waals surface area contributed by atoms with Gasteiger partial charge in [-0.2, -0.15) is 5.26 Å². The molecule has 0 saturated heterocycles. The third-order valence-corrected chi connectivity index (χ3v) is 5.16. The fraction of sp³-hybridized carbons (Fsp3) is 0.176. The highest BCUT2D eigenvalue weighted by atomic mass is 32.2. The average molecular weight is 449 g/mol. The molecule has 0 radical (unpaired) electrons. The first-order chi connectivity index (χ1) is 14.2. The van der Waals surface area contributed by atoms with Gasteiger partial charge in [0.05, 0.1) is 30.1 Å². The van der Waals surface area contributed by atoms with Crippen molar-refractivity contribution in [1.29, 1.82) is 5.26 Å². The second-order valence-corrected chi connectivity index (χ2v) is 8.06. The predicted octanol–water partition coefficient (Wildman–Crippen LogP) is 2.35. The molecule has 0 fully saturated rings. The smallest absolute Gasteiger partial charge is 0.493 e. The minimum absolute atomic E-state index is 0.0421. The topological polar surface area (TPSA) is 170 Å². The molecule has 2 heterocycles. The lowest BCUT2D eigenvalue weighted by Crippen LogP contribution is -2.14. The maximum atomic E-state index is 12.3. The van der Waals surface area contributed by atoms with E-state index in [1.807, 2.05) is 6.07 Å². The Labute approximate surface area is 174 Å². The molecule has 3 rings (SSSR count). The second-order valence-electron chi connectivity index (χ2n) is 5.93. The van der Waals surface area contributed by atoms with Gasteiger partial charge in [0.2, 0.25) is 5.91 Å². The summed E-state index contributed by atoms with van der Waals surface area (Å²) < 4.78 is 20.6. The molecule has 30 heavy (non-hydrogen) atoms. The van der Waals surface area contributed by atoms with Crippen molar-refractivity contribution in [3.8, 4) is 17.6 Å². The second kappa shape index (κ2) is 8.73. The summed E-state index contributed by atoms with van der Waals surface area (Å²) in [5, 5.41) is 12.2. The van der Waals surface area contributed by atoms with Crippen molar-refractivity contribution in [1.82, 2.24) is 15.0 Å². The number of aromatic nitrogens is 3. The number of nitrogens with one attached hydrogen (secondary N) is 2. The molecule has 11 nitrogen and oxygen atoms in total. The van der Waals surface area contributed by atoms with Crippen molar-refractivity contribution in [2.45, 2.75) is 12.1 Å². The summed E-state index contributed by atoms with van der Waals surface area (Å²) in [6, 6.07) is 6.09. The average Bonchev–Trinajstić information content (AvgIpc) is 3.11. The third-order valence-electron chi connectivity index (χ3n) is 3.85. The monoisotopic (exact) mass is 449 g/mol. The number of nitrogens with zero attached hydrogens (tertiary/aromatic N) is 3. The van der Waals surface area contributed by atoms with Crippen LogP contribution in [-0.4, -0.2) is 43.5 Å². The Morgan fingerprint density at radius 3 is 2.83 bits per heavy atom. The standard InChI is InChI=1S/C17H16N5O6PS/c1-9-11(6-18)19-7-12-16(9)22-17(21-12)30-8-15(23)20-10-3-4-13(14(5-10)27-2)28-29(24,25)26/h3-5,7H,8H2,1-2H3,(H,20,23)(H,21,22)(H2,24,25,26). The number of phosphoric acid groups is 1. The predicted molar refractivity (Wildman–Crippen MR) is 108 cm³/mol. The quantitative estimate of drug-likeness (QED) is 0.310. The molecule has 0 unspecified atom stereocenters. The summed E-state index contributed by atoms with van der Waals surface area (Å²) in [6.45, 7) is 1.75. The van der Waals surface area contributed by atoms with Gasteiger partial charge in [0.25, 0.3) is 0 Å². The van der Waals surface area contributed by atoms with Gasteiger partial charge in [-0.05, 0) is 19.1 Å². The number of hydrogen-bond acceptors (Lipinski definition) is 8. The summed E-state index contributed by atoms with van der Waals surface area (Å²) in [5.41, 5.74) is 2.60. The number of thioether (sulfide) groups is 1. The number of carbonyl (C=O) groups is 1. The van der Waals surface area contributed by atoms with Crippen molar-refractivity contribution < 1.29 is 28.4 Å². The number of hydrogen-bond donors (Lipinski definition) is 4. The zero-order valence-corrected chi connectivity index (χ0v) is 17.5. The Morgan fingerprint density at radius 2 is 2.17 bits per heavy atom. The Bertz CT molecular complexity index is 1200. The molecule has 0 aliphatic heterocycles. The van der Waals surface area contributed by atoms with E-state index >= 15 is 0 Å². The van der Waals surface area contributed by atoms with Crippen LogP contribution in [0.2, 0.25) is 0 Å². The van der Waals surface area contributed by atoms with E-state index in [-0.39, 0.29) is 23.2 Å². The van der Waals surface area contributed by atoms with E-state index < -0.39 is 7.82 Å². The number of anilines is 1. The van der Waals surface area contributed by atoms with Crippen LogP contribution in [0.25, 0.3) is 11.0 Å². The Kier molecular flexibility index (Phi) is 6.28. The van der Waals surface area contributed by atoms with Crippen LogP contribution in [-0.2, 0) is 9.36 Å². The van der Waals surface area contributed by atoms with Crippen LogP contribution in [0.5, 0.6) is 11.5 Å². The van der Waals surface area contributed by atoms with Crippen LogP contribution >= 0.6 is 19.6 Å². The van der Waals surface area contributed by atoms with E-state index in [0.29, 0.717) is 33.1 Å². The van der Waals surface area contributed by atoms with Crippen LogP contribution in [0.4, 0.5) is 5.69 Å². The van der Waals surface area contributed by atoms with Gasteiger partial charge in [-0.25, -0.2) is 14.5 Å². The largest absolute Gasteiger partial charge is 0.524 e. The molecular weight excluding hydrogens is 433 g/mol. The van der Waals surface area contributed by atoms with Gasteiger partial charge in [0, 0.05) is 17.3 Å². The zero-order chi connectivity index (χ0) is 21.9. The maximum Gasteiger partial charge on any atom is 0.524 e. The van der Waals surface area contributed by atoms with Crippen LogP contribution in [0.1, 0.15) is 11.3 Å². The maximum absolute atomic E-state index is 12.3. The molecule has 0 atom stereocenters. The number of H-pyrrole nitrogens is 1. The molecule has 2 aromatic heterocycles. The van der Waals surface area contributed by atoms with Gasteiger partial charge >= 0.3 is 7.82 Å². The number of pyridine rings is 1. The van der Waals surface area contributed by atoms with Crippen LogP contribution in [0.3, 0.4) is 0 Å². The SMILES string of the molecule is COc1cc(NC(=O)CSc2nc3c(C)c(C#N)ncc3[nH]2)ccc1OP(=O)(O)O. The van der Waals surface area contributed by atoms with E-state index in [0.717, 1.165) is 0 Å². The van der Waals surface area contributed by atoms with Crippen molar-refractivity contribution in [3.63, 3.8) is 0 Å². The highest BCUT2D eigenvalue weighted by Crippen LogP contribution is 2.42. The van der Waals surface area contributed by atoms with E-state index in [2.05, 4.69) is 24.8 Å². The van der Waals surface area contributed by atoms with E-state index in [1.165, 1.54) is 43.3 Å². The number of carbonyl (C=O) groups excluding carboxylic acids is 1. The number of nitriles is 1. The summed E-state index contributed by atoms with van der Waals surface area (Å²) in [6.07, 6.45) is 1.52. The molecule has 0 aliphatic carbocycles. The van der Waals surface area contributed by atoms with Gasteiger partial charge in [0.15, 0.2) is 16.7 Å². The summed E-state index contributed by atoms with van der Waals surface area (Å²) in [7, 11) is -3.44. The van der Waals surface area contributed by atoms with Crippen LogP contribution < -0.4 is 14.6 Å². The highest BCUT2D eigenvalue weighted by molar-refractivity contribution is 7.99. The fourth-order valence-electron chi connectivity index (χ4n) is 2.54. The molecule has 0 saturated carbocycles. The highest BCUT2D eigenvalue weighted by Gasteiger charge is 2.19. The lowest BCUT2D eigenvalue weighted by atomic mass is 10.2. The van der Waals surface area contributed by atoms with Crippen molar-refractivity contribution >= 4 is 42.2 Å². The lowest BCUT2D eigenvalue weighted by Gasteiger charge is -2.12. The minimum atomic E-state index is -4.74. The van der Waals surface area contributed by atoms with Crippen LogP contribution in [0.15, 0.2) is 29.6 Å². The summed E-state index contributed by atoms with van der Waals surface area (Å²) in [5.74, 6) is -0.391. The normalized spacial score (nSPS) is 11.2. The molecule has 0 bridgehead atoms. The first-order valence-corrected chi connectivity index (χ1v) is 10.8. The number of amides is 1. The van der Waals surface area contributed by atoms with Gasteiger partial charge in [-0.1, -0.05) is 11.8 Å². The minimum Gasteiger partial charge on any atom is -0.493 e. The molecule has 4 N–H and O–H groups in total. The number of imidazole rings is 1. The van der Waals surface area contributed by atoms with Crippen molar-refractivity contribution in [2.24, 2.45) is 0 Å². The number of ether oxygens (including phenoxy) is 1. The number of aryl methyl sites for hydroxylation is 1. The number of aromatic amines is 1. The molecule has 13 heteroatoms. The molecule has 0 spiro atoms. The Balaban J connectivity index is 1.66. The van der Waals surface area contributed by atoms with Gasteiger partial charge in [0.1, 0.15) is 11.8 Å².